The minimum Gasteiger partial charge on any atom is -0.481 e. The second-order valence-electron chi connectivity index (χ2n) is 2.96. The molecule has 0 saturated heterocycles. The average molecular weight is 204 g/mol. The molecule has 0 atom stereocenters. The van der Waals surface area contributed by atoms with Crippen LogP contribution in [0.4, 0.5) is 4.39 Å². The van der Waals surface area contributed by atoms with Gasteiger partial charge in [0.2, 0.25) is 5.88 Å². The molecule has 0 saturated carbocycles. The second-order valence-corrected chi connectivity index (χ2v) is 2.96. The van der Waals surface area contributed by atoms with E-state index in [1.165, 1.54) is 13.2 Å². The van der Waals surface area contributed by atoms with E-state index >= 15 is 0 Å². The van der Waals surface area contributed by atoms with E-state index < -0.39 is 0 Å². The van der Waals surface area contributed by atoms with Gasteiger partial charge in [0.05, 0.1) is 19.0 Å². The van der Waals surface area contributed by atoms with Gasteiger partial charge >= 0.3 is 0 Å². The highest BCUT2D eigenvalue weighted by atomic mass is 19.1. The van der Waals surface area contributed by atoms with Crippen molar-refractivity contribution in [3.05, 3.63) is 42.5 Å². The molecule has 0 amide bonds. The monoisotopic (exact) mass is 204 g/mol. The van der Waals surface area contributed by atoms with Gasteiger partial charge in [0.1, 0.15) is 5.82 Å². The van der Waals surface area contributed by atoms with Crippen LogP contribution in [0.1, 0.15) is 0 Å². The fourth-order valence-electron chi connectivity index (χ4n) is 1.24. The quantitative estimate of drug-likeness (QED) is 0.752. The summed E-state index contributed by atoms with van der Waals surface area (Å²) in [6, 6.07) is 6.69. The predicted molar refractivity (Wildman–Crippen MR) is 54.0 cm³/mol. The number of rotatable bonds is 2. The minimum absolute atomic E-state index is 0.378. The van der Waals surface area contributed by atoms with Crippen LogP contribution in [0.2, 0.25) is 0 Å². The van der Waals surface area contributed by atoms with E-state index in [4.69, 9.17) is 4.74 Å². The Labute approximate surface area is 86.6 Å². The van der Waals surface area contributed by atoms with E-state index in [1.807, 2.05) is 0 Å². The third-order valence-corrected chi connectivity index (χ3v) is 1.93. The van der Waals surface area contributed by atoms with E-state index in [2.05, 4.69) is 9.97 Å². The molecule has 0 aliphatic rings. The molecule has 76 valence electrons. The minimum atomic E-state index is -0.378. The first-order valence-electron chi connectivity index (χ1n) is 4.41. The SMILES string of the molecule is COc1cccc(-c2cncc(F)c2)n1. The molecule has 0 aliphatic carbocycles. The molecule has 0 unspecified atom stereocenters. The van der Waals surface area contributed by atoms with Crippen molar-refractivity contribution in [2.24, 2.45) is 0 Å². The summed E-state index contributed by atoms with van der Waals surface area (Å²) >= 11 is 0. The molecule has 0 aromatic carbocycles. The number of nitrogens with zero attached hydrogens (tertiary/aromatic N) is 2. The van der Waals surface area contributed by atoms with Gasteiger partial charge in [-0.05, 0) is 12.1 Å². The van der Waals surface area contributed by atoms with E-state index in [0.29, 0.717) is 17.1 Å². The molecule has 0 radical (unpaired) electrons. The van der Waals surface area contributed by atoms with E-state index in [0.717, 1.165) is 6.20 Å². The summed E-state index contributed by atoms with van der Waals surface area (Å²) < 4.78 is 17.9. The van der Waals surface area contributed by atoms with Crippen molar-refractivity contribution < 1.29 is 9.13 Å². The van der Waals surface area contributed by atoms with Crippen LogP contribution in [-0.2, 0) is 0 Å². The summed E-state index contributed by atoms with van der Waals surface area (Å²) in [4.78, 5) is 7.93. The van der Waals surface area contributed by atoms with E-state index in [-0.39, 0.29) is 5.82 Å². The van der Waals surface area contributed by atoms with Crippen LogP contribution < -0.4 is 4.74 Å². The maximum atomic E-state index is 12.9. The van der Waals surface area contributed by atoms with Crippen molar-refractivity contribution in [2.45, 2.75) is 0 Å². The zero-order valence-electron chi connectivity index (χ0n) is 8.14. The number of halogens is 1. The van der Waals surface area contributed by atoms with Gasteiger partial charge < -0.3 is 4.74 Å². The first-order valence-corrected chi connectivity index (χ1v) is 4.41. The van der Waals surface area contributed by atoms with Gasteiger partial charge in [-0.2, -0.15) is 0 Å². The Bertz CT molecular complexity index is 474. The Morgan fingerprint density at radius 2 is 2.13 bits per heavy atom. The molecule has 0 aliphatic heterocycles. The molecule has 2 heterocycles. The van der Waals surface area contributed by atoms with Crippen molar-refractivity contribution in [3.63, 3.8) is 0 Å². The third-order valence-electron chi connectivity index (χ3n) is 1.93. The van der Waals surface area contributed by atoms with Crippen molar-refractivity contribution in [3.8, 4) is 17.1 Å². The third kappa shape index (κ3) is 2.10. The zero-order chi connectivity index (χ0) is 10.7. The van der Waals surface area contributed by atoms with Crippen LogP contribution >= 0.6 is 0 Å². The lowest BCUT2D eigenvalue weighted by Gasteiger charge is -2.02. The molecule has 0 spiro atoms. The number of ether oxygens (including phenoxy) is 1. The van der Waals surface area contributed by atoms with Gasteiger partial charge in [-0.25, -0.2) is 9.37 Å². The van der Waals surface area contributed by atoms with Gasteiger partial charge in [0.25, 0.3) is 0 Å². The van der Waals surface area contributed by atoms with Gasteiger partial charge in [-0.3, -0.25) is 4.98 Å². The lowest BCUT2D eigenvalue weighted by molar-refractivity contribution is 0.398. The van der Waals surface area contributed by atoms with Crippen molar-refractivity contribution in [2.75, 3.05) is 7.11 Å². The highest BCUT2D eigenvalue weighted by Crippen LogP contribution is 2.19. The number of pyridine rings is 2. The fourth-order valence-corrected chi connectivity index (χ4v) is 1.24. The smallest absolute Gasteiger partial charge is 0.213 e. The van der Waals surface area contributed by atoms with Crippen LogP contribution in [0.25, 0.3) is 11.3 Å². The number of aromatic nitrogens is 2. The topological polar surface area (TPSA) is 35.0 Å². The van der Waals surface area contributed by atoms with Gasteiger partial charge in [-0.1, -0.05) is 6.07 Å². The molecule has 3 nitrogen and oxygen atoms in total. The number of hydrogen-bond donors (Lipinski definition) is 0. The number of methoxy groups -OCH3 is 1. The molecule has 0 fully saturated rings. The predicted octanol–water partition coefficient (Wildman–Crippen LogP) is 2.29. The van der Waals surface area contributed by atoms with Crippen molar-refractivity contribution in [1.82, 2.24) is 9.97 Å². The molecular formula is C11H9FN2O. The van der Waals surface area contributed by atoms with Crippen molar-refractivity contribution in [1.29, 1.82) is 0 Å². The standard InChI is InChI=1S/C11H9FN2O/c1-15-11-4-2-3-10(14-11)8-5-9(12)7-13-6-8/h2-7H,1H3. The van der Waals surface area contributed by atoms with E-state index in [9.17, 15) is 4.39 Å². The maximum Gasteiger partial charge on any atom is 0.213 e. The molecule has 2 rings (SSSR count). The van der Waals surface area contributed by atoms with Crippen LogP contribution in [0, 0.1) is 5.82 Å². The highest BCUT2D eigenvalue weighted by molar-refractivity contribution is 5.58. The first kappa shape index (κ1) is 9.58. The van der Waals surface area contributed by atoms with E-state index in [1.54, 1.807) is 24.4 Å². The van der Waals surface area contributed by atoms with Gasteiger partial charge in [-0.15, -0.1) is 0 Å². The highest BCUT2D eigenvalue weighted by Gasteiger charge is 2.02. The van der Waals surface area contributed by atoms with Crippen LogP contribution in [0.15, 0.2) is 36.7 Å². The Kier molecular flexibility index (Phi) is 2.58. The Balaban J connectivity index is 2.44. The Hall–Kier alpha value is -1.97. The molecule has 2 aromatic rings. The van der Waals surface area contributed by atoms with Gasteiger partial charge in [0, 0.05) is 17.8 Å². The summed E-state index contributed by atoms with van der Waals surface area (Å²) in [5.41, 5.74) is 1.27. The average Bonchev–Trinajstić information content (AvgIpc) is 2.29. The second kappa shape index (κ2) is 4.04. The summed E-state index contributed by atoms with van der Waals surface area (Å²) in [5, 5.41) is 0. The first-order chi connectivity index (χ1) is 7.29. The van der Waals surface area contributed by atoms with Crippen LogP contribution in [0.5, 0.6) is 5.88 Å². The van der Waals surface area contributed by atoms with Crippen molar-refractivity contribution >= 4 is 0 Å². The maximum absolute atomic E-state index is 12.9. The summed E-state index contributed by atoms with van der Waals surface area (Å²) in [7, 11) is 1.54. The number of hydrogen-bond acceptors (Lipinski definition) is 3. The van der Waals surface area contributed by atoms with Crippen LogP contribution in [-0.4, -0.2) is 17.1 Å². The lowest BCUT2D eigenvalue weighted by atomic mass is 10.2. The Morgan fingerprint density at radius 3 is 2.87 bits per heavy atom. The molecule has 0 N–H and O–H groups in total. The summed E-state index contributed by atoms with van der Waals surface area (Å²) in [6.07, 6.45) is 2.72. The Morgan fingerprint density at radius 1 is 1.27 bits per heavy atom. The summed E-state index contributed by atoms with van der Waals surface area (Å²) in [5.74, 6) is 0.119. The van der Waals surface area contributed by atoms with Crippen LogP contribution in [0.3, 0.4) is 0 Å². The normalized spacial score (nSPS) is 10.0. The fraction of sp³-hybridized carbons (Fsp3) is 0.0909. The largest absolute Gasteiger partial charge is 0.481 e. The molecular weight excluding hydrogens is 195 g/mol. The lowest BCUT2D eigenvalue weighted by Crippen LogP contribution is -1.90. The molecule has 0 bridgehead atoms. The van der Waals surface area contributed by atoms with Gasteiger partial charge in [0.15, 0.2) is 0 Å². The molecule has 15 heavy (non-hydrogen) atoms. The summed E-state index contributed by atoms with van der Waals surface area (Å²) in [6.45, 7) is 0. The molecule has 2 aromatic heterocycles. The zero-order valence-corrected chi connectivity index (χ0v) is 8.14. The molecule has 4 heteroatoms.